The molecule has 14 heavy (non-hydrogen) atoms. The smallest absolute Gasteiger partial charge is 0.171 e. The summed E-state index contributed by atoms with van der Waals surface area (Å²) in [5.41, 5.74) is 0. The number of nitrogens with one attached hydrogen (secondary N) is 1. The van der Waals surface area contributed by atoms with Gasteiger partial charge in [-0.15, -0.1) is 18.2 Å². The molecular formula is C10H19NO2S. The average molecular weight is 217 g/mol. The van der Waals surface area contributed by atoms with Crippen molar-refractivity contribution >= 4 is 11.8 Å². The van der Waals surface area contributed by atoms with Crippen molar-refractivity contribution in [2.24, 2.45) is 0 Å². The highest BCUT2D eigenvalue weighted by molar-refractivity contribution is 7.99. The third-order valence-electron chi connectivity index (χ3n) is 1.77. The number of rotatable bonds is 8. The van der Waals surface area contributed by atoms with E-state index in [9.17, 15) is 0 Å². The first-order chi connectivity index (χ1) is 6.76. The molecule has 4 heteroatoms. The lowest BCUT2D eigenvalue weighted by Crippen LogP contribution is -2.40. The third-order valence-corrected chi connectivity index (χ3v) is 2.63. The lowest BCUT2D eigenvalue weighted by molar-refractivity contribution is -0.119. The highest BCUT2D eigenvalue weighted by Gasteiger charge is 2.13. The van der Waals surface area contributed by atoms with Gasteiger partial charge in [0.1, 0.15) is 0 Å². The zero-order valence-electron chi connectivity index (χ0n) is 9.08. The Balaban J connectivity index is 3.43. The third kappa shape index (κ3) is 6.28. The first-order valence-corrected chi connectivity index (χ1v) is 5.72. The summed E-state index contributed by atoms with van der Waals surface area (Å²) in [7, 11) is 3.28. The van der Waals surface area contributed by atoms with E-state index < -0.39 is 0 Å². The highest BCUT2D eigenvalue weighted by atomic mass is 32.2. The summed E-state index contributed by atoms with van der Waals surface area (Å²) in [5, 5.41) is 3.30. The molecule has 0 bridgehead atoms. The quantitative estimate of drug-likeness (QED) is 0.372. The van der Waals surface area contributed by atoms with Crippen molar-refractivity contribution in [3.05, 3.63) is 0 Å². The van der Waals surface area contributed by atoms with Gasteiger partial charge in [-0.1, -0.05) is 5.92 Å². The highest BCUT2D eigenvalue weighted by Crippen LogP contribution is 2.00. The predicted octanol–water partition coefficient (Wildman–Crippen LogP) is 0.950. The first kappa shape index (κ1) is 13.8. The molecule has 1 unspecified atom stereocenters. The van der Waals surface area contributed by atoms with Crippen molar-refractivity contribution in [2.45, 2.75) is 19.3 Å². The van der Waals surface area contributed by atoms with Gasteiger partial charge < -0.3 is 14.8 Å². The Morgan fingerprint density at radius 2 is 2.07 bits per heavy atom. The van der Waals surface area contributed by atoms with Crippen molar-refractivity contribution < 1.29 is 9.47 Å². The molecule has 0 fully saturated rings. The zero-order valence-corrected chi connectivity index (χ0v) is 9.89. The molecular weight excluding hydrogens is 198 g/mol. The van der Waals surface area contributed by atoms with E-state index in [1.165, 1.54) is 0 Å². The van der Waals surface area contributed by atoms with Crippen LogP contribution in [0.15, 0.2) is 0 Å². The minimum atomic E-state index is -0.187. The largest absolute Gasteiger partial charge is 0.354 e. The molecule has 0 aromatic heterocycles. The van der Waals surface area contributed by atoms with Gasteiger partial charge in [0.25, 0.3) is 0 Å². The van der Waals surface area contributed by atoms with Gasteiger partial charge in [0.15, 0.2) is 6.29 Å². The zero-order chi connectivity index (χ0) is 10.8. The van der Waals surface area contributed by atoms with Crippen molar-refractivity contribution in [3.63, 3.8) is 0 Å². The van der Waals surface area contributed by atoms with E-state index in [0.29, 0.717) is 0 Å². The molecule has 0 aliphatic rings. The van der Waals surface area contributed by atoms with Gasteiger partial charge in [-0.2, -0.15) is 0 Å². The van der Waals surface area contributed by atoms with E-state index in [-0.39, 0.29) is 12.3 Å². The van der Waals surface area contributed by atoms with Gasteiger partial charge in [0, 0.05) is 26.5 Å². The molecule has 0 saturated carbocycles. The van der Waals surface area contributed by atoms with Crippen LogP contribution in [0.5, 0.6) is 0 Å². The van der Waals surface area contributed by atoms with E-state index in [4.69, 9.17) is 15.9 Å². The number of methoxy groups -OCH3 is 2. The average Bonchev–Trinajstić information content (AvgIpc) is 2.19. The van der Waals surface area contributed by atoms with Crippen molar-refractivity contribution in [2.75, 3.05) is 32.3 Å². The van der Waals surface area contributed by atoms with E-state index in [0.717, 1.165) is 18.1 Å². The Hall–Kier alpha value is -0.210. The minimum Gasteiger partial charge on any atom is -0.354 e. The summed E-state index contributed by atoms with van der Waals surface area (Å²) in [6.45, 7) is 2.94. The number of hydrogen-bond acceptors (Lipinski definition) is 4. The topological polar surface area (TPSA) is 30.5 Å². The van der Waals surface area contributed by atoms with Crippen LogP contribution in [-0.2, 0) is 9.47 Å². The maximum atomic E-state index is 5.13. The molecule has 0 aromatic rings. The number of terminal acetylenes is 1. The van der Waals surface area contributed by atoms with Crippen molar-refractivity contribution in [3.8, 4) is 12.3 Å². The molecule has 0 saturated heterocycles. The van der Waals surface area contributed by atoms with E-state index in [1.807, 2.05) is 6.92 Å². The lowest BCUT2D eigenvalue weighted by atomic mass is 10.3. The summed E-state index contributed by atoms with van der Waals surface area (Å²) in [5.74, 6) is 4.37. The van der Waals surface area contributed by atoms with Crippen LogP contribution in [0.4, 0.5) is 0 Å². The molecule has 1 N–H and O–H groups in total. The fourth-order valence-corrected chi connectivity index (χ4v) is 1.61. The van der Waals surface area contributed by atoms with Gasteiger partial charge in [-0.05, 0) is 6.92 Å². The van der Waals surface area contributed by atoms with Crippen LogP contribution >= 0.6 is 11.8 Å². The number of thioether (sulfide) groups is 1. The number of ether oxygens (including phenoxy) is 2. The Kier molecular flexibility index (Phi) is 9.21. The minimum absolute atomic E-state index is 0.187. The van der Waals surface area contributed by atoms with Crippen LogP contribution in [0.3, 0.4) is 0 Å². The molecule has 0 spiro atoms. The predicted molar refractivity (Wildman–Crippen MR) is 61.4 cm³/mol. The maximum absolute atomic E-state index is 5.13. The molecule has 3 nitrogen and oxygen atoms in total. The Morgan fingerprint density at radius 1 is 1.43 bits per heavy atom. The van der Waals surface area contributed by atoms with Crippen LogP contribution in [-0.4, -0.2) is 44.6 Å². The summed E-state index contributed by atoms with van der Waals surface area (Å²) in [6.07, 6.45) is 4.94. The van der Waals surface area contributed by atoms with Gasteiger partial charge in [0.2, 0.25) is 0 Å². The summed E-state index contributed by atoms with van der Waals surface area (Å²) >= 11 is 1.74. The second-order valence-electron chi connectivity index (χ2n) is 2.84. The lowest BCUT2D eigenvalue weighted by Gasteiger charge is -2.21. The molecule has 0 amide bonds. The Bertz CT molecular complexity index is 166. The van der Waals surface area contributed by atoms with Crippen LogP contribution in [0, 0.1) is 12.3 Å². The summed E-state index contributed by atoms with van der Waals surface area (Å²) in [4.78, 5) is 0. The van der Waals surface area contributed by atoms with Gasteiger partial charge in [0.05, 0.1) is 11.8 Å². The van der Waals surface area contributed by atoms with Gasteiger partial charge in [-0.25, -0.2) is 0 Å². The van der Waals surface area contributed by atoms with E-state index in [2.05, 4.69) is 11.2 Å². The van der Waals surface area contributed by atoms with Crippen molar-refractivity contribution in [1.29, 1.82) is 0 Å². The molecule has 82 valence electrons. The SMILES string of the molecule is C#CCSCCNC(C)C(OC)OC. The van der Waals surface area contributed by atoms with E-state index in [1.54, 1.807) is 26.0 Å². The molecule has 0 heterocycles. The molecule has 0 aliphatic carbocycles. The molecule has 0 radical (unpaired) electrons. The summed E-state index contributed by atoms with van der Waals surface area (Å²) < 4.78 is 10.2. The first-order valence-electron chi connectivity index (χ1n) is 4.56. The van der Waals surface area contributed by atoms with Gasteiger partial charge in [-0.3, -0.25) is 0 Å². The molecule has 1 atom stereocenters. The fourth-order valence-electron chi connectivity index (χ4n) is 1.09. The van der Waals surface area contributed by atoms with Crippen LogP contribution < -0.4 is 5.32 Å². The fraction of sp³-hybridized carbons (Fsp3) is 0.800. The second kappa shape index (κ2) is 9.35. The van der Waals surface area contributed by atoms with Crippen molar-refractivity contribution in [1.82, 2.24) is 5.32 Å². The Labute approximate surface area is 90.9 Å². The number of hydrogen-bond donors (Lipinski definition) is 1. The van der Waals surface area contributed by atoms with Crippen LogP contribution in [0.2, 0.25) is 0 Å². The van der Waals surface area contributed by atoms with Crippen LogP contribution in [0.25, 0.3) is 0 Å². The molecule has 0 aromatic carbocycles. The molecule has 0 aliphatic heterocycles. The standard InChI is InChI=1S/C10H19NO2S/c1-5-7-14-8-6-11-9(2)10(12-3)13-4/h1,9-11H,6-8H2,2-4H3. The normalized spacial score (nSPS) is 12.8. The Morgan fingerprint density at radius 3 is 2.57 bits per heavy atom. The maximum Gasteiger partial charge on any atom is 0.171 e. The van der Waals surface area contributed by atoms with E-state index >= 15 is 0 Å². The monoisotopic (exact) mass is 217 g/mol. The van der Waals surface area contributed by atoms with Crippen LogP contribution in [0.1, 0.15) is 6.92 Å². The molecule has 0 rings (SSSR count). The van der Waals surface area contributed by atoms with Gasteiger partial charge >= 0.3 is 0 Å². The second-order valence-corrected chi connectivity index (χ2v) is 3.94. The summed E-state index contributed by atoms with van der Waals surface area (Å²) in [6, 6.07) is 0.191.